The third-order valence-electron chi connectivity index (χ3n) is 4.00. The highest BCUT2D eigenvalue weighted by atomic mass is 16.5. The van der Waals surface area contributed by atoms with Gasteiger partial charge in [-0.2, -0.15) is 0 Å². The van der Waals surface area contributed by atoms with E-state index in [1.54, 1.807) is 0 Å². The fourth-order valence-corrected chi connectivity index (χ4v) is 2.29. The Morgan fingerprint density at radius 1 is 1.32 bits per heavy atom. The maximum absolute atomic E-state index is 5.83. The molecule has 0 unspecified atom stereocenters. The zero-order valence-electron chi connectivity index (χ0n) is 12.5. The van der Waals surface area contributed by atoms with Crippen LogP contribution in [0.2, 0.25) is 0 Å². The topological polar surface area (TPSA) is 47.3 Å². The largest absolute Gasteiger partial charge is 0.384 e. The van der Waals surface area contributed by atoms with Crippen LogP contribution in [0.5, 0.6) is 0 Å². The molecule has 19 heavy (non-hydrogen) atoms. The van der Waals surface area contributed by atoms with Gasteiger partial charge in [0, 0.05) is 24.2 Å². The van der Waals surface area contributed by atoms with Gasteiger partial charge in [0.25, 0.3) is 0 Å². The van der Waals surface area contributed by atoms with E-state index in [1.807, 2.05) is 0 Å². The summed E-state index contributed by atoms with van der Waals surface area (Å²) >= 11 is 0. The van der Waals surface area contributed by atoms with Crippen LogP contribution < -0.4 is 11.1 Å². The lowest BCUT2D eigenvalue weighted by Crippen LogP contribution is -2.52. The number of rotatable bonds is 4. The number of nitrogens with one attached hydrogen (secondary N) is 1. The number of anilines is 1. The predicted octanol–water partition coefficient (Wildman–Crippen LogP) is 2.68. The second-order valence-electron chi connectivity index (χ2n) is 6.83. The molecule has 0 aliphatic carbocycles. The van der Waals surface area contributed by atoms with Crippen LogP contribution in [0.25, 0.3) is 0 Å². The minimum atomic E-state index is 0.134. The van der Waals surface area contributed by atoms with Gasteiger partial charge in [0.2, 0.25) is 0 Å². The van der Waals surface area contributed by atoms with Crippen LogP contribution in [-0.4, -0.2) is 26.3 Å². The minimum Gasteiger partial charge on any atom is -0.384 e. The van der Waals surface area contributed by atoms with Gasteiger partial charge in [0.15, 0.2) is 0 Å². The highest BCUT2D eigenvalue weighted by Crippen LogP contribution is 2.29. The van der Waals surface area contributed by atoms with E-state index in [2.05, 4.69) is 51.2 Å². The second kappa shape index (κ2) is 5.14. The molecule has 0 spiro atoms. The van der Waals surface area contributed by atoms with Crippen molar-refractivity contribution in [3.8, 4) is 0 Å². The van der Waals surface area contributed by atoms with E-state index in [0.29, 0.717) is 6.54 Å². The number of benzene rings is 1. The van der Waals surface area contributed by atoms with Gasteiger partial charge in [0.1, 0.15) is 0 Å². The summed E-state index contributed by atoms with van der Waals surface area (Å²) in [6, 6.07) is 6.66. The maximum atomic E-state index is 5.83. The van der Waals surface area contributed by atoms with Gasteiger partial charge in [-0.15, -0.1) is 0 Å². The molecule has 0 atom stereocenters. The molecule has 106 valence electrons. The number of hydrogen-bond acceptors (Lipinski definition) is 3. The molecule has 1 aliphatic rings. The Bertz CT molecular complexity index is 439. The van der Waals surface area contributed by atoms with Crippen LogP contribution in [0, 0.1) is 12.3 Å². The summed E-state index contributed by atoms with van der Waals surface area (Å²) in [5, 5.41) is 3.53. The Morgan fingerprint density at radius 3 is 2.42 bits per heavy atom. The lowest BCUT2D eigenvalue weighted by atomic mass is 9.85. The zero-order chi connectivity index (χ0) is 14.1. The van der Waals surface area contributed by atoms with Gasteiger partial charge >= 0.3 is 0 Å². The fraction of sp³-hybridized carbons (Fsp3) is 0.625. The molecule has 1 heterocycles. The molecule has 3 heteroatoms. The Hall–Kier alpha value is -1.06. The Kier molecular flexibility index (Phi) is 3.88. The highest BCUT2D eigenvalue weighted by molar-refractivity contribution is 5.53. The molecule has 3 nitrogen and oxygen atoms in total. The fourth-order valence-electron chi connectivity index (χ4n) is 2.29. The summed E-state index contributed by atoms with van der Waals surface area (Å²) in [6.07, 6.45) is 0. The van der Waals surface area contributed by atoms with Crippen LogP contribution >= 0.6 is 0 Å². The van der Waals surface area contributed by atoms with Gasteiger partial charge in [-0.05, 0) is 29.5 Å². The smallest absolute Gasteiger partial charge is 0.0574 e. The van der Waals surface area contributed by atoms with Crippen molar-refractivity contribution in [1.29, 1.82) is 0 Å². The molecular weight excluding hydrogens is 236 g/mol. The Balaban J connectivity index is 2.05. The van der Waals surface area contributed by atoms with Crippen molar-refractivity contribution < 1.29 is 4.74 Å². The Labute approximate surface area is 116 Å². The van der Waals surface area contributed by atoms with Crippen LogP contribution in [-0.2, 0) is 10.2 Å². The number of aryl methyl sites for hydroxylation is 1. The first-order valence-corrected chi connectivity index (χ1v) is 6.99. The molecule has 1 aliphatic heterocycles. The summed E-state index contributed by atoms with van der Waals surface area (Å²) < 4.78 is 5.29. The first-order chi connectivity index (χ1) is 8.86. The van der Waals surface area contributed by atoms with Gasteiger partial charge in [-0.3, -0.25) is 0 Å². The third kappa shape index (κ3) is 3.10. The summed E-state index contributed by atoms with van der Waals surface area (Å²) in [6.45, 7) is 12.0. The van der Waals surface area contributed by atoms with Crippen LogP contribution in [0.15, 0.2) is 18.2 Å². The van der Waals surface area contributed by atoms with Gasteiger partial charge < -0.3 is 15.8 Å². The Morgan fingerprint density at radius 2 is 2.00 bits per heavy atom. The van der Waals surface area contributed by atoms with Crippen molar-refractivity contribution in [1.82, 2.24) is 0 Å². The van der Waals surface area contributed by atoms with Gasteiger partial charge in [-0.25, -0.2) is 0 Å². The van der Waals surface area contributed by atoms with E-state index in [4.69, 9.17) is 10.5 Å². The SMILES string of the molecule is Cc1cc(C(C)(C)C)ccc1NCC1(CN)COC1. The molecule has 1 aromatic carbocycles. The standard InChI is InChI=1S/C16H26N2O/c1-12-7-13(15(2,3)4)5-6-14(12)18-9-16(8-17)10-19-11-16/h5-7,18H,8-11,17H2,1-4H3. The number of ether oxygens (including phenoxy) is 1. The highest BCUT2D eigenvalue weighted by Gasteiger charge is 2.37. The molecule has 1 saturated heterocycles. The lowest BCUT2D eigenvalue weighted by molar-refractivity contribution is -0.0979. The lowest BCUT2D eigenvalue weighted by Gasteiger charge is -2.40. The van der Waals surface area contributed by atoms with Crippen LogP contribution in [0.1, 0.15) is 31.9 Å². The normalized spacial score (nSPS) is 17.9. The van der Waals surface area contributed by atoms with Crippen molar-refractivity contribution in [2.45, 2.75) is 33.1 Å². The molecule has 0 bridgehead atoms. The molecule has 1 aromatic rings. The van der Waals surface area contributed by atoms with Crippen molar-refractivity contribution in [2.75, 3.05) is 31.6 Å². The van der Waals surface area contributed by atoms with Crippen molar-refractivity contribution in [3.05, 3.63) is 29.3 Å². The maximum Gasteiger partial charge on any atom is 0.0574 e. The first kappa shape index (κ1) is 14.4. The van der Waals surface area contributed by atoms with E-state index in [9.17, 15) is 0 Å². The summed E-state index contributed by atoms with van der Waals surface area (Å²) in [4.78, 5) is 0. The van der Waals surface area contributed by atoms with Crippen LogP contribution in [0.3, 0.4) is 0 Å². The average molecular weight is 262 g/mol. The zero-order valence-corrected chi connectivity index (χ0v) is 12.5. The number of hydrogen-bond donors (Lipinski definition) is 2. The van der Waals surface area contributed by atoms with Crippen molar-refractivity contribution >= 4 is 5.69 Å². The molecular formula is C16H26N2O. The van der Waals surface area contributed by atoms with E-state index < -0.39 is 0 Å². The number of nitrogens with two attached hydrogens (primary N) is 1. The summed E-state index contributed by atoms with van der Waals surface area (Å²) in [5.74, 6) is 0. The van der Waals surface area contributed by atoms with E-state index in [-0.39, 0.29) is 10.8 Å². The molecule has 2 rings (SSSR count). The second-order valence-corrected chi connectivity index (χ2v) is 6.83. The van der Waals surface area contributed by atoms with Crippen LogP contribution in [0.4, 0.5) is 5.69 Å². The first-order valence-electron chi connectivity index (χ1n) is 6.99. The monoisotopic (exact) mass is 262 g/mol. The molecule has 0 amide bonds. The molecule has 0 saturated carbocycles. The molecule has 3 N–H and O–H groups in total. The molecule has 1 fully saturated rings. The van der Waals surface area contributed by atoms with Gasteiger partial charge in [-0.1, -0.05) is 32.9 Å². The summed E-state index contributed by atoms with van der Waals surface area (Å²) in [7, 11) is 0. The van der Waals surface area contributed by atoms with E-state index in [0.717, 1.165) is 19.8 Å². The summed E-state index contributed by atoms with van der Waals surface area (Å²) in [5.41, 5.74) is 10.0. The van der Waals surface area contributed by atoms with Gasteiger partial charge in [0.05, 0.1) is 13.2 Å². The quantitative estimate of drug-likeness (QED) is 0.877. The molecule has 0 aromatic heterocycles. The predicted molar refractivity (Wildman–Crippen MR) is 80.7 cm³/mol. The third-order valence-corrected chi connectivity index (χ3v) is 4.00. The van der Waals surface area contributed by atoms with Crippen molar-refractivity contribution in [2.24, 2.45) is 11.1 Å². The average Bonchev–Trinajstić information content (AvgIpc) is 2.28. The minimum absolute atomic E-state index is 0.134. The molecule has 0 radical (unpaired) electrons. The van der Waals surface area contributed by atoms with Crippen molar-refractivity contribution in [3.63, 3.8) is 0 Å². The van der Waals surface area contributed by atoms with E-state index in [1.165, 1.54) is 16.8 Å². The van der Waals surface area contributed by atoms with E-state index >= 15 is 0 Å².